The van der Waals surface area contributed by atoms with Crippen LogP contribution in [0.15, 0.2) is 171 Å². The van der Waals surface area contributed by atoms with Crippen LogP contribution >= 0.6 is 0 Å². The first-order valence-corrected chi connectivity index (χ1v) is 14.6. The van der Waals surface area contributed by atoms with Crippen molar-refractivity contribution in [3.63, 3.8) is 0 Å². The summed E-state index contributed by atoms with van der Waals surface area (Å²) in [6.07, 6.45) is 2.95. The van der Waals surface area contributed by atoms with Crippen LogP contribution in [0.3, 0.4) is 0 Å². The van der Waals surface area contributed by atoms with Crippen LogP contribution in [0.1, 0.15) is 11.1 Å². The summed E-state index contributed by atoms with van der Waals surface area (Å²) in [4.78, 5) is 4.57. The molecule has 6 aromatic carbocycles. The van der Waals surface area contributed by atoms with Crippen LogP contribution in [0.2, 0.25) is 0 Å². The molecule has 0 atom stereocenters. The molecule has 0 bridgehead atoms. The zero-order chi connectivity index (χ0) is 30.1. The van der Waals surface area contributed by atoms with Crippen LogP contribution in [-0.2, 0) is 22.7 Å². The van der Waals surface area contributed by atoms with Gasteiger partial charge in [0.1, 0.15) is 13.2 Å². The van der Waals surface area contributed by atoms with Crippen molar-refractivity contribution in [1.29, 1.82) is 0 Å². The highest BCUT2D eigenvalue weighted by molar-refractivity contribution is 5.99. The summed E-state index contributed by atoms with van der Waals surface area (Å²) in [5, 5.41) is 2.37. The lowest BCUT2D eigenvalue weighted by Gasteiger charge is -2.29. The summed E-state index contributed by atoms with van der Waals surface area (Å²) in [5.41, 5.74) is 8.57. The first-order chi connectivity index (χ1) is 21.7. The molecule has 0 fully saturated rings. The third kappa shape index (κ3) is 6.20. The lowest BCUT2D eigenvalue weighted by atomic mass is 10.1. The van der Waals surface area contributed by atoms with Crippen LogP contribution in [-0.4, -0.2) is 0 Å². The van der Waals surface area contributed by atoms with Crippen LogP contribution in [0.4, 0.5) is 34.1 Å². The number of benzene rings is 6. The minimum Gasteiger partial charge on any atom is -0.497 e. The third-order valence-corrected chi connectivity index (χ3v) is 7.49. The standard InChI is InChI=1S/C40H34N2O2/c1-3-43-29-31-20-22-35(23-21-31)41(34-15-6-5-7-16-34)36-24-26-37(27-25-36)42(38-17-10-12-32(28-38)30-44-4-2)40-19-11-14-33-13-8-9-18-39(33)40/h3-28H,1-2,29-30H2. The molecular formula is C40H34N2O2. The van der Waals surface area contributed by atoms with Crippen molar-refractivity contribution in [3.05, 3.63) is 182 Å². The van der Waals surface area contributed by atoms with Gasteiger partial charge in [-0.05, 0) is 83.2 Å². The van der Waals surface area contributed by atoms with E-state index in [4.69, 9.17) is 9.47 Å². The number of hydrogen-bond acceptors (Lipinski definition) is 4. The van der Waals surface area contributed by atoms with Crippen LogP contribution in [0, 0.1) is 0 Å². The van der Waals surface area contributed by atoms with Gasteiger partial charge < -0.3 is 19.3 Å². The Kier molecular flexibility index (Phi) is 8.70. The fourth-order valence-electron chi connectivity index (χ4n) is 5.44. The van der Waals surface area contributed by atoms with E-state index < -0.39 is 0 Å². The van der Waals surface area contributed by atoms with Gasteiger partial charge >= 0.3 is 0 Å². The van der Waals surface area contributed by atoms with E-state index in [1.54, 1.807) is 0 Å². The fourth-order valence-corrected chi connectivity index (χ4v) is 5.44. The Morgan fingerprint density at radius 1 is 0.455 bits per heavy atom. The number of fused-ring (bicyclic) bond motifs is 1. The number of anilines is 6. The predicted molar refractivity (Wildman–Crippen MR) is 183 cm³/mol. The normalized spacial score (nSPS) is 10.6. The maximum Gasteiger partial charge on any atom is 0.112 e. The summed E-state index contributed by atoms with van der Waals surface area (Å²) in [7, 11) is 0. The van der Waals surface area contributed by atoms with Crippen molar-refractivity contribution in [2.24, 2.45) is 0 Å². The molecule has 0 aromatic heterocycles. The summed E-state index contributed by atoms with van der Waals surface area (Å²) in [5.74, 6) is 0. The van der Waals surface area contributed by atoms with E-state index in [0.717, 1.165) is 45.3 Å². The topological polar surface area (TPSA) is 24.9 Å². The first kappa shape index (κ1) is 28.4. The second-order valence-electron chi connectivity index (χ2n) is 10.3. The zero-order valence-corrected chi connectivity index (χ0v) is 24.6. The molecule has 0 N–H and O–H groups in total. The average molecular weight is 575 g/mol. The summed E-state index contributed by atoms with van der Waals surface area (Å²) < 4.78 is 10.9. The van der Waals surface area contributed by atoms with Crippen molar-refractivity contribution >= 4 is 44.9 Å². The predicted octanol–water partition coefficient (Wildman–Crippen LogP) is 11.1. The molecule has 44 heavy (non-hydrogen) atoms. The number of nitrogens with zero attached hydrogens (tertiary/aromatic N) is 2. The fraction of sp³-hybridized carbons (Fsp3) is 0.0500. The van der Waals surface area contributed by atoms with E-state index in [9.17, 15) is 0 Å². The summed E-state index contributed by atoms with van der Waals surface area (Å²) in [6.45, 7) is 8.30. The van der Waals surface area contributed by atoms with Gasteiger partial charge in [-0.15, -0.1) is 0 Å². The minimum atomic E-state index is 0.462. The molecule has 0 aliphatic rings. The van der Waals surface area contributed by atoms with Crippen molar-refractivity contribution in [1.82, 2.24) is 0 Å². The molecule has 0 saturated heterocycles. The van der Waals surface area contributed by atoms with Crippen molar-refractivity contribution in [3.8, 4) is 0 Å². The van der Waals surface area contributed by atoms with Gasteiger partial charge in [-0.1, -0.05) is 92.0 Å². The van der Waals surface area contributed by atoms with Gasteiger partial charge in [0, 0.05) is 33.8 Å². The molecule has 4 heteroatoms. The lowest BCUT2D eigenvalue weighted by Crippen LogP contribution is -2.12. The number of hydrogen-bond donors (Lipinski definition) is 0. The molecule has 6 aromatic rings. The van der Waals surface area contributed by atoms with E-state index in [1.165, 1.54) is 23.3 Å². The zero-order valence-electron chi connectivity index (χ0n) is 24.6. The Bertz CT molecular complexity index is 1840. The molecule has 6 rings (SSSR count). The maximum atomic E-state index is 5.52. The van der Waals surface area contributed by atoms with Gasteiger partial charge in [-0.2, -0.15) is 0 Å². The van der Waals surface area contributed by atoms with E-state index >= 15 is 0 Å². The van der Waals surface area contributed by atoms with Gasteiger partial charge in [0.15, 0.2) is 0 Å². The second kappa shape index (κ2) is 13.5. The van der Waals surface area contributed by atoms with E-state index in [1.807, 2.05) is 6.07 Å². The quantitative estimate of drug-likeness (QED) is 0.136. The molecule has 0 amide bonds. The highest BCUT2D eigenvalue weighted by Crippen LogP contribution is 2.41. The van der Waals surface area contributed by atoms with Gasteiger partial charge in [0.05, 0.1) is 18.2 Å². The number of rotatable bonds is 12. The monoisotopic (exact) mass is 574 g/mol. The molecule has 0 aliphatic carbocycles. The van der Waals surface area contributed by atoms with E-state index in [-0.39, 0.29) is 0 Å². The second-order valence-corrected chi connectivity index (χ2v) is 10.3. The molecular weight excluding hydrogens is 540 g/mol. The van der Waals surface area contributed by atoms with Gasteiger partial charge in [0.25, 0.3) is 0 Å². The molecule has 0 radical (unpaired) electrons. The maximum absolute atomic E-state index is 5.52. The Morgan fingerprint density at radius 3 is 1.68 bits per heavy atom. The Balaban J connectivity index is 1.43. The average Bonchev–Trinajstić information content (AvgIpc) is 3.09. The van der Waals surface area contributed by atoms with Crippen LogP contribution in [0.25, 0.3) is 10.8 Å². The number of ether oxygens (including phenoxy) is 2. The summed E-state index contributed by atoms with van der Waals surface area (Å²) in [6, 6.07) is 51.0. The van der Waals surface area contributed by atoms with Gasteiger partial charge in [-0.25, -0.2) is 0 Å². The van der Waals surface area contributed by atoms with Crippen molar-refractivity contribution in [2.45, 2.75) is 13.2 Å². The van der Waals surface area contributed by atoms with Crippen LogP contribution < -0.4 is 9.80 Å². The smallest absolute Gasteiger partial charge is 0.112 e. The SMILES string of the molecule is C=COCc1ccc(N(c2ccccc2)c2ccc(N(c3cccc(COC=C)c3)c3cccc4ccccc34)cc2)cc1. The summed E-state index contributed by atoms with van der Waals surface area (Å²) >= 11 is 0. The molecule has 0 heterocycles. The highest BCUT2D eigenvalue weighted by atomic mass is 16.5. The molecule has 216 valence electrons. The van der Waals surface area contributed by atoms with Crippen molar-refractivity contribution < 1.29 is 9.47 Å². The highest BCUT2D eigenvalue weighted by Gasteiger charge is 2.18. The largest absolute Gasteiger partial charge is 0.497 e. The molecule has 4 nitrogen and oxygen atoms in total. The Morgan fingerprint density at radius 2 is 0.977 bits per heavy atom. The third-order valence-electron chi connectivity index (χ3n) is 7.49. The minimum absolute atomic E-state index is 0.462. The first-order valence-electron chi connectivity index (χ1n) is 14.6. The van der Waals surface area contributed by atoms with Gasteiger partial charge in [-0.3, -0.25) is 0 Å². The number of para-hydroxylation sites is 1. The molecule has 0 unspecified atom stereocenters. The molecule has 0 aliphatic heterocycles. The van der Waals surface area contributed by atoms with Crippen molar-refractivity contribution in [2.75, 3.05) is 9.80 Å². The van der Waals surface area contributed by atoms with Gasteiger partial charge in [0.2, 0.25) is 0 Å². The van der Waals surface area contributed by atoms with E-state index in [0.29, 0.717) is 13.2 Å². The lowest BCUT2D eigenvalue weighted by molar-refractivity contribution is 0.237. The Labute approximate surface area is 259 Å². The molecule has 0 saturated carbocycles. The van der Waals surface area contributed by atoms with Crippen LogP contribution in [0.5, 0.6) is 0 Å². The Hall–Kier alpha value is -5.74. The molecule has 0 spiro atoms. The van der Waals surface area contributed by atoms with E-state index in [2.05, 4.69) is 162 Å².